The Labute approximate surface area is 168 Å². The summed E-state index contributed by atoms with van der Waals surface area (Å²) in [6.07, 6.45) is 0. The second-order valence-corrected chi connectivity index (χ2v) is 9.24. The molecule has 2 aromatic carbocycles. The van der Waals surface area contributed by atoms with Gasteiger partial charge in [-0.05, 0) is 36.4 Å². The van der Waals surface area contributed by atoms with Crippen molar-refractivity contribution in [3.63, 3.8) is 0 Å². The quantitative estimate of drug-likeness (QED) is 0.275. The molecule has 0 unspecified atom stereocenters. The molecule has 1 aromatic heterocycles. The van der Waals surface area contributed by atoms with Gasteiger partial charge in [0.1, 0.15) is 0 Å². The Balaban J connectivity index is 2.38. The van der Waals surface area contributed by atoms with Crippen LogP contribution in [-0.4, -0.2) is 41.1 Å². The molecule has 0 aliphatic heterocycles. The van der Waals surface area contributed by atoms with Crippen molar-refractivity contribution in [3.8, 4) is 17.3 Å². The fraction of sp³-hybridized carbons (Fsp3) is 0.0625. The normalized spacial score (nSPS) is 12.6. The molecule has 0 bridgehead atoms. The summed E-state index contributed by atoms with van der Waals surface area (Å²) in [4.78, 5) is 50.6. The highest BCUT2D eigenvalue weighted by Crippen LogP contribution is 2.36. The maximum atomic E-state index is 12.9. The monoisotopic (exact) mass is 454 g/mol. The van der Waals surface area contributed by atoms with Crippen LogP contribution in [0.3, 0.4) is 0 Å². The molecule has 14 heteroatoms. The third-order valence-electron chi connectivity index (χ3n) is 4.03. The van der Waals surface area contributed by atoms with Crippen molar-refractivity contribution in [1.82, 2.24) is 9.36 Å². The number of azo groups is 1. The van der Waals surface area contributed by atoms with E-state index in [2.05, 4.69) is 10.2 Å². The Hall–Kier alpha value is -2.85. The van der Waals surface area contributed by atoms with Crippen molar-refractivity contribution < 1.29 is 33.8 Å². The van der Waals surface area contributed by atoms with E-state index in [1.807, 2.05) is 0 Å². The van der Waals surface area contributed by atoms with Gasteiger partial charge in [-0.25, -0.2) is 9.36 Å². The van der Waals surface area contributed by atoms with Crippen LogP contribution in [0.1, 0.15) is 0 Å². The first kappa shape index (κ1) is 21.8. The minimum absolute atomic E-state index is 0.00967. The van der Waals surface area contributed by atoms with Crippen LogP contribution in [0.15, 0.2) is 63.6 Å². The smallest absolute Gasteiger partial charge is 0.356 e. The minimum Gasteiger partial charge on any atom is -0.492 e. The number of benzene rings is 2. The molecule has 0 spiro atoms. The Morgan fingerprint density at radius 2 is 1.30 bits per heavy atom. The van der Waals surface area contributed by atoms with E-state index in [1.54, 1.807) is 0 Å². The highest BCUT2D eigenvalue weighted by atomic mass is 31.2. The lowest BCUT2D eigenvalue weighted by Gasteiger charge is -2.15. The zero-order valence-corrected chi connectivity index (χ0v) is 17.1. The Morgan fingerprint density at radius 1 is 0.833 bits per heavy atom. The molecule has 0 saturated carbocycles. The number of rotatable bonds is 5. The van der Waals surface area contributed by atoms with Gasteiger partial charge in [0, 0.05) is 7.05 Å². The van der Waals surface area contributed by atoms with Crippen molar-refractivity contribution in [2.45, 2.75) is 0 Å². The van der Waals surface area contributed by atoms with Gasteiger partial charge in [0.15, 0.2) is 0 Å². The van der Waals surface area contributed by atoms with Crippen molar-refractivity contribution in [3.05, 3.63) is 58.9 Å². The van der Waals surface area contributed by atoms with E-state index in [0.717, 1.165) is 21.5 Å². The zero-order chi connectivity index (χ0) is 22.3. The topological polar surface area (TPSA) is 187 Å². The van der Waals surface area contributed by atoms with Gasteiger partial charge in [-0.1, -0.05) is 12.1 Å². The molecule has 0 atom stereocenters. The van der Waals surface area contributed by atoms with Crippen molar-refractivity contribution in [2.24, 2.45) is 10.2 Å². The van der Waals surface area contributed by atoms with Gasteiger partial charge < -0.3 is 24.7 Å². The molecule has 3 aromatic rings. The second kappa shape index (κ2) is 7.77. The molecule has 30 heavy (non-hydrogen) atoms. The van der Waals surface area contributed by atoms with Crippen LogP contribution in [-0.2, 0) is 9.13 Å². The van der Waals surface area contributed by atoms with Crippen LogP contribution >= 0.6 is 15.2 Å². The number of hydrogen-bond acceptors (Lipinski definition) is 6. The minimum atomic E-state index is -4.65. The highest BCUT2D eigenvalue weighted by molar-refractivity contribution is 7.60. The molecule has 158 valence electrons. The summed E-state index contributed by atoms with van der Waals surface area (Å²) in [6.45, 7) is 0. The number of aromatic nitrogens is 2. The van der Waals surface area contributed by atoms with E-state index < -0.39 is 32.3 Å². The van der Waals surface area contributed by atoms with E-state index in [4.69, 9.17) is 0 Å². The average Bonchev–Trinajstić information content (AvgIpc) is 2.92. The van der Waals surface area contributed by atoms with E-state index in [0.29, 0.717) is 0 Å². The molecule has 0 aliphatic rings. The molecule has 0 amide bonds. The lowest BCUT2D eigenvalue weighted by atomic mass is 10.3. The average molecular weight is 454 g/mol. The van der Waals surface area contributed by atoms with Crippen LogP contribution < -0.4 is 16.2 Å². The molecule has 3 rings (SSSR count). The Morgan fingerprint density at radius 3 is 1.73 bits per heavy atom. The summed E-state index contributed by atoms with van der Waals surface area (Å²) in [5, 5.41) is 16.9. The van der Waals surface area contributed by atoms with Crippen LogP contribution in [0.25, 0.3) is 11.4 Å². The fourth-order valence-corrected chi connectivity index (χ4v) is 3.91. The largest absolute Gasteiger partial charge is 0.492 e. The van der Waals surface area contributed by atoms with Gasteiger partial charge in [0.25, 0.3) is 0 Å². The molecule has 0 radical (unpaired) electrons. The standard InChI is InChI=1S/C16H16N4O8P2/c1-17-18-14-15(21)19(10-4-2-6-12(8-10)29(23,24)25)20(16(14)22)11-5-3-7-13(9-11)30(26,27)28/h2-9,21H,1H3,(H2,23,24,25)(H2,26,27,28)/b18-17+. The summed E-state index contributed by atoms with van der Waals surface area (Å²) in [6, 6.07) is 9.80. The van der Waals surface area contributed by atoms with Gasteiger partial charge in [-0.15, -0.1) is 5.11 Å². The summed E-state index contributed by atoms with van der Waals surface area (Å²) < 4.78 is 25.0. The first-order valence-electron chi connectivity index (χ1n) is 8.15. The van der Waals surface area contributed by atoms with E-state index in [1.165, 1.54) is 43.4 Å². The van der Waals surface area contributed by atoms with Crippen LogP contribution in [0.5, 0.6) is 5.88 Å². The Kier molecular flexibility index (Phi) is 5.66. The van der Waals surface area contributed by atoms with Crippen LogP contribution in [0.2, 0.25) is 0 Å². The van der Waals surface area contributed by atoms with Crippen molar-refractivity contribution in [1.29, 1.82) is 0 Å². The molecule has 1 heterocycles. The summed E-state index contributed by atoms with van der Waals surface area (Å²) in [5.74, 6) is -0.685. The third kappa shape index (κ3) is 4.05. The summed E-state index contributed by atoms with van der Waals surface area (Å²) >= 11 is 0. The maximum absolute atomic E-state index is 12.9. The molecular formula is C16H16N4O8P2. The van der Waals surface area contributed by atoms with Crippen molar-refractivity contribution in [2.75, 3.05) is 7.05 Å². The zero-order valence-electron chi connectivity index (χ0n) is 15.3. The van der Waals surface area contributed by atoms with Crippen LogP contribution in [0.4, 0.5) is 5.69 Å². The number of hydrogen-bond donors (Lipinski definition) is 5. The SMILES string of the molecule is C/N=N/c1c(O)n(-c2cccc(P(=O)(O)O)c2)n(-c2cccc(P(=O)(O)O)c2)c1=O. The second-order valence-electron chi connectivity index (χ2n) is 6.03. The predicted molar refractivity (Wildman–Crippen MR) is 107 cm³/mol. The number of nitrogens with zero attached hydrogens (tertiary/aromatic N) is 4. The van der Waals surface area contributed by atoms with Gasteiger partial charge in [-0.3, -0.25) is 13.9 Å². The van der Waals surface area contributed by atoms with E-state index in [9.17, 15) is 38.6 Å². The molecule has 5 N–H and O–H groups in total. The van der Waals surface area contributed by atoms with Crippen molar-refractivity contribution >= 4 is 31.5 Å². The van der Waals surface area contributed by atoms with Gasteiger partial charge >= 0.3 is 20.8 Å². The third-order valence-corrected chi connectivity index (χ3v) is 5.93. The number of aromatic hydroxyl groups is 1. The first-order valence-corrected chi connectivity index (χ1v) is 11.4. The summed E-state index contributed by atoms with van der Waals surface area (Å²) in [5.41, 5.74) is -1.39. The lowest BCUT2D eigenvalue weighted by molar-refractivity contribution is 0.385. The highest BCUT2D eigenvalue weighted by Gasteiger charge is 2.25. The first-order chi connectivity index (χ1) is 13.9. The summed E-state index contributed by atoms with van der Waals surface area (Å²) in [7, 11) is -8.02. The van der Waals surface area contributed by atoms with E-state index >= 15 is 0 Å². The van der Waals surface area contributed by atoms with Gasteiger partial charge in [0.2, 0.25) is 11.6 Å². The maximum Gasteiger partial charge on any atom is 0.356 e. The Bertz CT molecular complexity index is 1300. The predicted octanol–water partition coefficient (Wildman–Crippen LogP) is 0.653. The molecule has 0 saturated heterocycles. The van der Waals surface area contributed by atoms with Gasteiger partial charge in [0.05, 0.1) is 22.0 Å². The lowest BCUT2D eigenvalue weighted by Crippen LogP contribution is -2.22. The molecule has 0 aliphatic carbocycles. The molecule has 12 nitrogen and oxygen atoms in total. The van der Waals surface area contributed by atoms with Crippen LogP contribution in [0, 0.1) is 0 Å². The molecule has 0 fully saturated rings. The van der Waals surface area contributed by atoms with E-state index in [-0.39, 0.29) is 22.0 Å². The fourth-order valence-electron chi connectivity index (χ4n) is 2.75. The molecular weight excluding hydrogens is 438 g/mol. The van der Waals surface area contributed by atoms with Gasteiger partial charge in [-0.2, -0.15) is 5.11 Å².